The summed E-state index contributed by atoms with van der Waals surface area (Å²) in [5.74, 6) is 0.253. The van der Waals surface area contributed by atoms with E-state index in [0.717, 1.165) is 17.7 Å². The summed E-state index contributed by atoms with van der Waals surface area (Å²) in [5, 5.41) is 0. The molecule has 1 fully saturated rings. The number of para-hydroxylation sites is 1. The van der Waals surface area contributed by atoms with Crippen LogP contribution in [0.5, 0.6) is 5.75 Å². The first-order chi connectivity index (χ1) is 11.1. The zero-order valence-electron chi connectivity index (χ0n) is 12.8. The molecule has 0 aliphatic heterocycles. The first-order valence-electron chi connectivity index (χ1n) is 7.25. The Morgan fingerprint density at radius 1 is 1.30 bits per heavy atom. The van der Waals surface area contributed by atoms with Gasteiger partial charge in [-0.2, -0.15) is 0 Å². The van der Waals surface area contributed by atoms with Gasteiger partial charge in [-0.3, -0.25) is 20.4 Å². The number of amides is 2. The molecule has 2 atom stereocenters. The highest BCUT2D eigenvalue weighted by atomic mass is 32.1. The molecule has 1 saturated carbocycles. The number of hydrogen-bond donors (Lipinski definition) is 2. The number of aryl methyl sites for hydroxylation is 1. The third kappa shape index (κ3) is 3.19. The summed E-state index contributed by atoms with van der Waals surface area (Å²) in [4.78, 5) is 28.6. The average molecular weight is 331 g/mol. The maximum absolute atomic E-state index is 12.2. The van der Waals surface area contributed by atoms with Gasteiger partial charge in [-0.15, -0.1) is 11.3 Å². The van der Waals surface area contributed by atoms with Crippen LogP contribution >= 0.6 is 11.3 Å². The van der Waals surface area contributed by atoms with Crippen molar-refractivity contribution in [2.24, 2.45) is 5.92 Å². The fourth-order valence-electron chi connectivity index (χ4n) is 2.59. The van der Waals surface area contributed by atoms with E-state index in [1.165, 1.54) is 11.3 Å². The largest absolute Gasteiger partial charge is 0.496 e. The van der Waals surface area contributed by atoms with Gasteiger partial charge in [0, 0.05) is 5.92 Å². The molecule has 3 rings (SSSR count). The van der Waals surface area contributed by atoms with Crippen LogP contribution in [0.1, 0.15) is 33.3 Å². The molecule has 1 aliphatic rings. The number of nitrogens with zero attached hydrogens (tertiary/aromatic N) is 1. The molecule has 120 valence electrons. The van der Waals surface area contributed by atoms with Gasteiger partial charge >= 0.3 is 0 Å². The summed E-state index contributed by atoms with van der Waals surface area (Å²) >= 11 is 1.24. The van der Waals surface area contributed by atoms with Gasteiger partial charge in [-0.05, 0) is 30.9 Å². The van der Waals surface area contributed by atoms with Crippen LogP contribution in [0, 0.1) is 12.8 Å². The molecule has 1 heterocycles. The number of hydrogen-bond acceptors (Lipinski definition) is 5. The van der Waals surface area contributed by atoms with E-state index in [1.54, 1.807) is 19.5 Å². The topological polar surface area (TPSA) is 80.3 Å². The van der Waals surface area contributed by atoms with Crippen LogP contribution in [0.2, 0.25) is 0 Å². The van der Waals surface area contributed by atoms with Crippen molar-refractivity contribution in [2.45, 2.75) is 19.3 Å². The minimum atomic E-state index is -0.340. The summed E-state index contributed by atoms with van der Waals surface area (Å²) < 4.78 is 5.33. The maximum Gasteiger partial charge on any atom is 0.281 e. The van der Waals surface area contributed by atoms with E-state index < -0.39 is 0 Å². The van der Waals surface area contributed by atoms with Crippen LogP contribution in [-0.4, -0.2) is 23.9 Å². The molecule has 2 N–H and O–H groups in total. The highest BCUT2D eigenvalue weighted by Gasteiger charge is 2.45. The molecule has 0 saturated heterocycles. The number of carbonyl (C=O) groups is 2. The number of rotatable bonds is 4. The average Bonchev–Trinajstić information content (AvgIpc) is 3.26. The normalized spacial score (nSPS) is 19.0. The Morgan fingerprint density at radius 3 is 2.78 bits per heavy atom. The van der Waals surface area contributed by atoms with Gasteiger partial charge in [0.2, 0.25) is 5.91 Å². The van der Waals surface area contributed by atoms with Crippen molar-refractivity contribution >= 4 is 23.2 Å². The molecule has 2 amide bonds. The van der Waals surface area contributed by atoms with Crippen molar-refractivity contribution in [1.29, 1.82) is 0 Å². The molecule has 1 aromatic heterocycles. The second kappa shape index (κ2) is 6.37. The summed E-state index contributed by atoms with van der Waals surface area (Å²) in [6.45, 7) is 1.76. The summed E-state index contributed by atoms with van der Waals surface area (Å²) in [7, 11) is 1.62. The van der Waals surface area contributed by atoms with Crippen LogP contribution in [0.25, 0.3) is 0 Å². The molecule has 6 nitrogen and oxygen atoms in total. The number of methoxy groups -OCH3 is 1. The third-order valence-electron chi connectivity index (χ3n) is 3.92. The number of ether oxygens (including phenoxy) is 1. The molecular formula is C16H17N3O3S. The Labute approximate surface area is 137 Å². The van der Waals surface area contributed by atoms with Gasteiger partial charge in [0.1, 0.15) is 10.6 Å². The lowest BCUT2D eigenvalue weighted by molar-refractivity contribution is -0.123. The molecule has 1 aromatic carbocycles. The van der Waals surface area contributed by atoms with Gasteiger partial charge < -0.3 is 4.74 Å². The van der Waals surface area contributed by atoms with E-state index >= 15 is 0 Å². The Kier molecular flexibility index (Phi) is 4.29. The second-order valence-corrected chi connectivity index (χ2v) is 6.26. The van der Waals surface area contributed by atoms with Gasteiger partial charge in [-0.1, -0.05) is 18.2 Å². The molecular weight excluding hydrogens is 314 g/mol. The number of hydrazine groups is 1. The Balaban J connectivity index is 1.57. The van der Waals surface area contributed by atoms with Gasteiger partial charge in [-0.25, -0.2) is 4.98 Å². The molecule has 23 heavy (non-hydrogen) atoms. The second-order valence-electron chi connectivity index (χ2n) is 5.40. The lowest BCUT2D eigenvalue weighted by atomic mass is 10.1. The van der Waals surface area contributed by atoms with Crippen molar-refractivity contribution in [3.63, 3.8) is 0 Å². The van der Waals surface area contributed by atoms with Crippen molar-refractivity contribution in [3.8, 4) is 5.75 Å². The zero-order chi connectivity index (χ0) is 16.4. The lowest BCUT2D eigenvalue weighted by Gasteiger charge is -2.08. The minimum absolute atomic E-state index is 0.133. The monoisotopic (exact) mass is 331 g/mol. The predicted octanol–water partition coefficient (Wildman–Crippen LogP) is 2.02. The Hall–Kier alpha value is -2.41. The van der Waals surface area contributed by atoms with Crippen LogP contribution < -0.4 is 15.6 Å². The summed E-state index contributed by atoms with van der Waals surface area (Å²) in [5.41, 5.74) is 8.23. The Morgan fingerprint density at radius 2 is 2.09 bits per heavy atom. The number of aromatic nitrogens is 1. The first kappa shape index (κ1) is 15.5. The molecule has 7 heteroatoms. The van der Waals surface area contributed by atoms with E-state index in [2.05, 4.69) is 15.8 Å². The molecule has 0 radical (unpaired) electrons. The first-order valence-corrected chi connectivity index (χ1v) is 8.13. The summed E-state index contributed by atoms with van der Waals surface area (Å²) in [6.07, 6.45) is 0.752. The fourth-order valence-corrected chi connectivity index (χ4v) is 3.29. The van der Waals surface area contributed by atoms with Crippen LogP contribution in [-0.2, 0) is 4.79 Å². The standard InChI is InChI=1S/C16H17N3O3S/c1-9-14(23-8-17-9)16(21)19-18-15(20)12-7-11(12)10-5-3-4-6-13(10)22-2/h3-6,8,11-12H,7H2,1-2H3,(H,18,20)(H,19,21)/t11-,12-/m1/s1. The van der Waals surface area contributed by atoms with Crippen LogP contribution in [0.3, 0.4) is 0 Å². The van der Waals surface area contributed by atoms with Gasteiger partial charge in [0.05, 0.1) is 18.3 Å². The highest BCUT2D eigenvalue weighted by molar-refractivity contribution is 7.11. The number of nitrogens with one attached hydrogen (secondary N) is 2. The number of benzene rings is 1. The van der Waals surface area contributed by atoms with Crippen molar-refractivity contribution in [3.05, 3.63) is 45.9 Å². The fraction of sp³-hybridized carbons (Fsp3) is 0.312. The predicted molar refractivity (Wildman–Crippen MR) is 86.3 cm³/mol. The smallest absolute Gasteiger partial charge is 0.281 e. The van der Waals surface area contributed by atoms with Crippen molar-refractivity contribution < 1.29 is 14.3 Å². The molecule has 0 bridgehead atoms. The highest BCUT2D eigenvalue weighted by Crippen LogP contribution is 2.50. The number of carbonyl (C=O) groups excluding carboxylic acids is 2. The quantitative estimate of drug-likeness (QED) is 0.840. The molecule has 0 unspecified atom stereocenters. The van der Waals surface area contributed by atoms with Gasteiger partial charge in [0.25, 0.3) is 5.91 Å². The maximum atomic E-state index is 12.2. The van der Waals surface area contributed by atoms with Crippen LogP contribution in [0.15, 0.2) is 29.8 Å². The third-order valence-corrected chi connectivity index (χ3v) is 4.84. The van der Waals surface area contributed by atoms with Crippen molar-refractivity contribution in [1.82, 2.24) is 15.8 Å². The summed E-state index contributed by atoms with van der Waals surface area (Å²) in [6, 6.07) is 7.68. The Bertz CT molecular complexity index is 744. The van der Waals surface area contributed by atoms with E-state index in [-0.39, 0.29) is 23.7 Å². The minimum Gasteiger partial charge on any atom is -0.496 e. The van der Waals surface area contributed by atoms with Crippen molar-refractivity contribution in [2.75, 3.05) is 7.11 Å². The molecule has 0 spiro atoms. The van der Waals surface area contributed by atoms with E-state index in [1.807, 2.05) is 24.3 Å². The lowest BCUT2D eigenvalue weighted by Crippen LogP contribution is -2.42. The van der Waals surface area contributed by atoms with E-state index in [0.29, 0.717) is 10.6 Å². The molecule has 2 aromatic rings. The van der Waals surface area contributed by atoms with Crippen LogP contribution in [0.4, 0.5) is 0 Å². The molecule has 1 aliphatic carbocycles. The van der Waals surface area contributed by atoms with E-state index in [9.17, 15) is 9.59 Å². The van der Waals surface area contributed by atoms with E-state index in [4.69, 9.17) is 4.74 Å². The van der Waals surface area contributed by atoms with Gasteiger partial charge in [0.15, 0.2) is 0 Å². The zero-order valence-corrected chi connectivity index (χ0v) is 13.6. The SMILES string of the molecule is COc1ccccc1[C@H]1C[C@H]1C(=O)NNC(=O)c1scnc1C. The number of thiazole rings is 1.